The lowest BCUT2D eigenvalue weighted by molar-refractivity contribution is 0.116. The van der Waals surface area contributed by atoms with Gasteiger partial charge in [0.05, 0.1) is 0 Å². The molecule has 0 aromatic carbocycles. The van der Waals surface area contributed by atoms with E-state index in [2.05, 4.69) is 43.2 Å². The van der Waals surface area contributed by atoms with Crippen molar-refractivity contribution in [2.45, 2.75) is 32.6 Å². The Morgan fingerprint density at radius 3 is 2.39 bits per heavy atom. The molecule has 0 unspecified atom stereocenters. The molecule has 98 valence electrons. The molecule has 0 N–H and O–H groups in total. The molecule has 0 amide bonds. The zero-order valence-corrected chi connectivity index (χ0v) is 11.6. The molecule has 0 bridgehead atoms. The standard InChI is InChI=1S/C17H25N/c1-4-7-8-16-14-17(13-15(16)5-2)9-11-18(6-3)12-10-17/h4-5,7-8H,1-2,6,9-14H2,3H3/b8-7-. The summed E-state index contributed by atoms with van der Waals surface area (Å²) >= 11 is 0. The first-order chi connectivity index (χ1) is 8.73. The van der Waals surface area contributed by atoms with E-state index < -0.39 is 0 Å². The second-order valence-corrected chi connectivity index (χ2v) is 5.64. The summed E-state index contributed by atoms with van der Waals surface area (Å²) < 4.78 is 0. The molecule has 1 aliphatic heterocycles. The molecule has 2 rings (SSSR count). The molecule has 2 aliphatic rings. The Morgan fingerprint density at radius 2 is 1.83 bits per heavy atom. The summed E-state index contributed by atoms with van der Waals surface area (Å²) in [5, 5.41) is 0. The van der Waals surface area contributed by atoms with Crippen molar-refractivity contribution in [1.82, 2.24) is 4.90 Å². The first kappa shape index (κ1) is 13.4. The SMILES string of the molecule is C=C/C=C\C1=C(C=C)CC2(CCN(CC)CC2)C1. The number of hydrogen-bond acceptors (Lipinski definition) is 1. The van der Waals surface area contributed by atoms with Crippen LogP contribution in [0.15, 0.2) is 48.6 Å². The molecule has 0 aromatic rings. The monoisotopic (exact) mass is 243 g/mol. The van der Waals surface area contributed by atoms with Gasteiger partial charge in [-0.2, -0.15) is 0 Å². The maximum atomic E-state index is 3.98. The van der Waals surface area contributed by atoms with Crippen molar-refractivity contribution in [2.24, 2.45) is 5.41 Å². The third kappa shape index (κ3) is 2.67. The Hall–Kier alpha value is -1.08. The number of allylic oxidation sites excluding steroid dienone is 6. The van der Waals surface area contributed by atoms with Gasteiger partial charge in [-0.05, 0) is 61.9 Å². The van der Waals surface area contributed by atoms with E-state index in [1.807, 2.05) is 6.08 Å². The summed E-state index contributed by atoms with van der Waals surface area (Å²) in [4.78, 5) is 2.57. The Kier molecular flexibility index (Phi) is 4.23. The van der Waals surface area contributed by atoms with E-state index in [1.165, 1.54) is 56.5 Å². The van der Waals surface area contributed by atoms with E-state index in [0.717, 1.165) is 0 Å². The first-order valence-corrected chi connectivity index (χ1v) is 7.09. The maximum absolute atomic E-state index is 3.98. The van der Waals surface area contributed by atoms with Crippen LogP contribution in [0, 0.1) is 5.41 Å². The molecule has 18 heavy (non-hydrogen) atoms. The van der Waals surface area contributed by atoms with E-state index in [-0.39, 0.29) is 0 Å². The Morgan fingerprint density at radius 1 is 1.17 bits per heavy atom. The highest BCUT2D eigenvalue weighted by Crippen LogP contribution is 2.49. The molecular formula is C17H25N. The lowest BCUT2D eigenvalue weighted by atomic mass is 9.75. The van der Waals surface area contributed by atoms with Crippen LogP contribution in [0.25, 0.3) is 0 Å². The van der Waals surface area contributed by atoms with Gasteiger partial charge in [-0.3, -0.25) is 0 Å². The molecule has 1 fully saturated rings. The van der Waals surface area contributed by atoms with Gasteiger partial charge >= 0.3 is 0 Å². The Labute approximate surface area is 112 Å². The zero-order chi connectivity index (χ0) is 13.0. The van der Waals surface area contributed by atoms with Gasteiger partial charge in [-0.1, -0.05) is 44.4 Å². The second-order valence-electron chi connectivity index (χ2n) is 5.64. The smallest absolute Gasteiger partial charge is 0.00133 e. The topological polar surface area (TPSA) is 3.24 Å². The highest BCUT2D eigenvalue weighted by molar-refractivity contribution is 5.39. The van der Waals surface area contributed by atoms with Gasteiger partial charge < -0.3 is 4.90 Å². The van der Waals surface area contributed by atoms with Crippen molar-refractivity contribution in [3.8, 4) is 0 Å². The summed E-state index contributed by atoms with van der Waals surface area (Å²) in [6.45, 7) is 13.7. The van der Waals surface area contributed by atoms with Gasteiger partial charge in [0.25, 0.3) is 0 Å². The third-order valence-corrected chi connectivity index (χ3v) is 4.59. The van der Waals surface area contributed by atoms with Crippen molar-refractivity contribution in [3.05, 3.63) is 48.6 Å². The zero-order valence-electron chi connectivity index (χ0n) is 11.6. The number of hydrogen-bond donors (Lipinski definition) is 0. The normalized spacial score (nSPS) is 24.1. The molecule has 1 heteroatoms. The Bertz CT molecular complexity index is 378. The van der Waals surface area contributed by atoms with Crippen LogP contribution in [0.4, 0.5) is 0 Å². The maximum Gasteiger partial charge on any atom is -0.00133 e. The average Bonchev–Trinajstić information content (AvgIpc) is 2.75. The van der Waals surface area contributed by atoms with Crippen LogP contribution in [-0.4, -0.2) is 24.5 Å². The highest BCUT2D eigenvalue weighted by atomic mass is 15.1. The van der Waals surface area contributed by atoms with E-state index in [1.54, 1.807) is 0 Å². The molecule has 1 heterocycles. The summed E-state index contributed by atoms with van der Waals surface area (Å²) in [6.07, 6.45) is 13.3. The molecule has 1 saturated heterocycles. The van der Waals surface area contributed by atoms with E-state index >= 15 is 0 Å². The van der Waals surface area contributed by atoms with Crippen molar-refractivity contribution < 1.29 is 0 Å². The minimum absolute atomic E-state index is 0.524. The number of nitrogens with zero attached hydrogens (tertiary/aromatic N) is 1. The molecule has 1 aliphatic carbocycles. The predicted molar refractivity (Wildman–Crippen MR) is 79.6 cm³/mol. The summed E-state index contributed by atoms with van der Waals surface area (Å²) in [7, 11) is 0. The van der Waals surface area contributed by atoms with Crippen molar-refractivity contribution in [2.75, 3.05) is 19.6 Å². The van der Waals surface area contributed by atoms with Gasteiger partial charge in [-0.15, -0.1) is 0 Å². The van der Waals surface area contributed by atoms with Crippen LogP contribution in [-0.2, 0) is 0 Å². The molecule has 0 saturated carbocycles. The lowest BCUT2D eigenvalue weighted by Gasteiger charge is -2.39. The fourth-order valence-electron chi connectivity index (χ4n) is 3.35. The second kappa shape index (κ2) is 5.71. The predicted octanol–water partition coefficient (Wildman–Crippen LogP) is 4.11. The quantitative estimate of drug-likeness (QED) is 0.672. The van der Waals surface area contributed by atoms with Crippen LogP contribution in [0.5, 0.6) is 0 Å². The van der Waals surface area contributed by atoms with Gasteiger partial charge in [0, 0.05) is 0 Å². The number of piperidine rings is 1. The van der Waals surface area contributed by atoms with Gasteiger partial charge in [0.1, 0.15) is 0 Å². The first-order valence-electron chi connectivity index (χ1n) is 7.09. The molecule has 1 spiro atoms. The van der Waals surface area contributed by atoms with Crippen molar-refractivity contribution >= 4 is 0 Å². The summed E-state index contributed by atoms with van der Waals surface area (Å²) in [6, 6.07) is 0. The average molecular weight is 243 g/mol. The van der Waals surface area contributed by atoms with Crippen LogP contribution in [0.3, 0.4) is 0 Å². The van der Waals surface area contributed by atoms with Crippen LogP contribution < -0.4 is 0 Å². The summed E-state index contributed by atoms with van der Waals surface area (Å²) in [5.74, 6) is 0. The minimum atomic E-state index is 0.524. The third-order valence-electron chi connectivity index (χ3n) is 4.59. The van der Waals surface area contributed by atoms with Gasteiger partial charge in [0.2, 0.25) is 0 Å². The largest absolute Gasteiger partial charge is 0.304 e. The van der Waals surface area contributed by atoms with E-state index in [9.17, 15) is 0 Å². The Balaban J connectivity index is 2.06. The fourth-order valence-corrected chi connectivity index (χ4v) is 3.35. The molecule has 0 atom stereocenters. The van der Waals surface area contributed by atoms with E-state index in [4.69, 9.17) is 0 Å². The van der Waals surface area contributed by atoms with Crippen molar-refractivity contribution in [1.29, 1.82) is 0 Å². The van der Waals surface area contributed by atoms with Gasteiger partial charge in [-0.25, -0.2) is 0 Å². The molecule has 1 nitrogen and oxygen atoms in total. The van der Waals surface area contributed by atoms with Crippen LogP contribution in [0.1, 0.15) is 32.6 Å². The molecular weight excluding hydrogens is 218 g/mol. The number of rotatable bonds is 4. The molecule has 0 aromatic heterocycles. The summed E-state index contributed by atoms with van der Waals surface area (Å²) in [5.41, 5.74) is 3.46. The number of likely N-dealkylation sites (tertiary alicyclic amines) is 1. The van der Waals surface area contributed by atoms with Crippen LogP contribution in [0.2, 0.25) is 0 Å². The van der Waals surface area contributed by atoms with Crippen LogP contribution >= 0.6 is 0 Å². The highest BCUT2D eigenvalue weighted by Gasteiger charge is 2.39. The minimum Gasteiger partial charge on any atom is -0.304 e. The fraction of sp³-hybridized carbons (Fsp3) is 0.529. The van der Waals surface area contributed by atoms with Gasteiger partial charge in [0.15, 0.2) is 0 Å². The lowest BCUT2D eigenvalue weighted by Crippen LogP contribution is -2.39. The van der Waals surface area contributed by atoms with E-state index in [0.29, 0.717) is 5.41 Å². The molecule has 0 radical (unpaired) electrons. The van der Waals surface area contributed by atoms with Crippen molar-refractivity contribution in [3.63, 3.8) is 0 Å².